The molecule has 1 aliphatic rings. The molecule has 2 N–H and O–H groups in total. The molecule has 5 rings (SSSR count). The van der Waals surface area contributed by atoms with Crippen molar-refractivity contribution in [1.29, 1.82) is 0 Å². The number of hydrogen-bond donors (Lipinski definition) is 2. The summed E-state index contributed by atoms with van der Waals surface area (Å²) in [6.45, 7) is 1.60. The van der Waals surface area contributed by atoms with Gasteiger partial charge in [0.2, 0.25) is 0 Å². The molecule has 0 aliphatic carbocycles. The highest BCUT2D eigenvalue weighted by Crippen LogP contribution is 2.29. The monoisotopic (exact) mass is 522 g/mol. The largest absolute Gasteiger partial charge is 0.351 e. The van der Waals surface area contributed by atoms with Crippen LogP contribution in [0.2, 0.25) is 0 Å². The Morgan fingerprint density at radius 2 is 1.57 bits per heavy atom. The first-order valence-electron chi connectivity index (χ1n) is 11.2. The van der Waals surface area contributed by atoms with Gasteiger partial charge in [-0.1, -0.05) is 35.9 Å². The first-order chi connectivity index (χ1) is 17.6. The predicted octanol–water partition coefficient (Wildman–Crippen LogP) is 0.620. The fourth-order valence-corrected chi connectivity index (χ4v) is 5.60. The zero-order chi connectivity index (χ0) is 26.5. The van der Waals surface area contributed by atoms with E-state index in [1.54, 1.807) is 42.5 Å². The number of fused-ring (bicyclic) bond motifs is 1. The van der Waals surface area contributed by atoms with Crippen LogP contribution in [0.15, 0.2) is 78.7 Å². The molecule has 0 spiro atoms. The molecule has 0 fully saturated rings. The molecule has 2 aromatic heterocycles. The second-order valence-corrected chi connectivity index (χ2v) is 10.4. The van der Waals surface area contributed by atoms with E-state index in [2.05, 4.69) is 10.1 Å². The molecule has 0 radical (unpaired) electrons. The lowest BCUT2D eigenvalue weighted by Crippen LogP contribution is -2.40. The lowest BCUT2D eigenvalue weighted by molar-refractivity contribution is 0.590. The minimum absolute atomic E-state index is 0.0362. The van der Waals surface area contributed by atoms with Gasteiger partial charge >= 0.3 is 17.1 Å². The first kappa shape index (κ1) is 24.1. The van der Waals surface area contributed by atoms with Gasteiger partial charge in [-0.3, -0.25) is 14.1 Å². The Hall–Kier alpha value is -4.65. The summed E-state index contributed by atoms with van der Waals surface area (Å²) in [5.41, 5.74) is -1.86. The molecular formula is C24H22N6O6S. The molecule has 2 aromatic carbocycles. The van der Waals surface area contributed by atoms with Crippen molar-refractivity contribution in [2.45, 2.75) is 18.2 Å². The second kappa shape index (κ2) is 8.78. The van der Waals surface area contributed by atoms with Crippen molar-refractivity contribution in [2.75, 3.05) is 10.8 Å². The van der Waals surface area contributed by atoms with Gasteiger partial charge in [0.05, 0.1) is 16.1 Å². The number of anilines is 1. The highest BCUT2D eigenvalue weighted by Gasteiger charge is 2.32. The maximum absolute atomic E-state index is 13.7. The van der Waals surface area contributed by atoms with Crippen LogP contribution in [0.4, 0.5) is 5.82 Å². The Balaban J connectivity index is 1.79. The molecule has 0 amide bonds. The molecule has 13 heteroatoms. The highest BCUT2D eigenvalue weighted by molar-refractivity contribution is 7.92. The van der Waals surface area contributed by atoms with E-state index >= 15 is 0 Å². The maximum atomic E-state index is 13.7. The van der Waals surface area contributed by atoms with Gasteiger partial charge in [0.1, 0.15) is 5.82 Å². The molecule has 190 valence electrons. The van der Waals surface area contributed by atoms with Crippen LogP contribution in [0.3, 0.4) is 0 Å². The number of hydrogen-bond acceptors (Lipinski definition) is 6. The van der Waals surface area contributed by atoms with E-state index in [1.165, 1.54) is 25.3 Å². The molecule has 1 aliphatic heterocycles. The lowest BCUT2D eigenvalue weighted by Gasteiger charge is -2.24. The summed E-state index contributed by atoms with van der Waals surface area (Å²) < 4.78 is 31.0. The van der Waals surface area contributed by atoms with Crippen molar-refractivity contribution < 1.29 is 8.42 Å². The molecule has 37 heavy (non-hydrogen) atoms. The summed E-state index contributed by atoms with van der Waals surface area (Å²) in [5, 5.41) is 2.40. The average molecular weight is 523 g/mol. The molecule has 4 aromatic rings. The standard InChI is InChI=1S/C24H22N6O6S/c1-15-8-10-18(11-9-15)37(35,36)28-13-12-17(30-24(34)27(2)23(33)26-30)14-19-20(28)25-22(32)29(21(19)31)16-6-4-3-5-7-16/h3-11,14H,12-13H2,1-2H3,(H,25,32)(H,26,33). The van der Waals surface area contributed by atoms with E-state index in [1.807, 2.05) is 6.92 Å². The first-order valence-corrected chi connectivity index (χ1v) is 12.7. The number of aromatic amines is 2. The minimum Gasteiger partial charge on any atom is -0.292 e. The average Bonchev–Trinajstić information content (AvgIpc) is 3.02. The van der Waals surface area contributed by atoms with Gasteiger partial charge < -0.3 is 0 Å². The second-order valence-electron chi connectivity index (χ2n) is 8.54. The summed E-state index contributed by atoms with van der Waals surface area (Å²) in [5.74, 6) is -0.232. The normalized spacial score (nSPS) is 13.7. The molecule has 0 unspecified atom stereocenters. The van der Waals surface area contributed by atoms with Gasteiger partial charge in [-0.25, -0.2) is 41.7 Å². The van der Waals surface area contributed by atoms with Gasteiger partial charge in [0.15, 0.2) is 0 Å². The fourth-order valence-electron chi connectivity index (χ4n) is 4.15. The molecule has 0 saturated carbocycles. The number of sulfonamides is 1. The Labute approximate surface area is 209 Å². The molecule has 12 nitrogen and oxygen atoms in total. The SMILES string of the molecule is Cc1ccc(S(=O)(=O)N2CCC(n3[nH]c(=O)n(C)c3=O)=Cc3c2[nH]c(=O)n(-c2ccccc2)c3=O)cc1. The number of nitrogens with zero attached hydrogens (tertiary/aromatic N) is 4. The number of aryl methyl sites for hydroxylation is 1. The molecule has 0 saturated heterocycles. The van der Waals surface area contributed by atoms with Crippen molar-refractivity contribution in [3.63, 3.8) is 0 Å². The minimum atomic E-state index is -4.23. The Kier molecular flexibility index (Phi) is 5.71. The van der Waals surface area contributed by atoms with Gasteiger partial charge in [-0.2, -0.15) is 0 Å². The van der Waals surface area contributed by atoms with Crippen molar-refractivity contribution >= 4 is 27.6 Å². The number of benzene rings is 2. The maximum Gasteiger partial charge on any atom is 0.351 e. The van der Waals surface area contributed by atoms with E-state index in [0.717, 1.165) is 23.7 Å². The molecule has 0 bridgehead atoms. The van der Waals surface area contributed by atoms with Gasteiger partial charge in [-0.05, 0) is 37.3 Å². The van der Waals surface area contributed by atoms with E-state index in [0.29, 0.717) is 0 Å². The van der Waals surface area contributed by atoms with E-state index < -0.39 is 32.7 Å². The highest BCUT2D eigenvalue weighted by atomic mass is 32.2. The number of H-pyrrole nitrogens is 2. The Morgan fingerprint density at radius 3 is 2.19 bits per heavy atom. The van der Waals surface area contributed by atoms with E-state index in [9.17, 15) is 27.6 Å². The number of nitrogens with one attached hydrogen (secondary N) is 2. The van der Waals surface area contributed by atoms with Crippen LogP contribution in [-0.4, -0.2) is 38.9 Å². The number of rotatable bonds is 4. The third-order valence-corrected chi connectivity index (χ3v) is 7.96. The third-order valence-electron chi connectivity index (χ3n) is 6.15. The Morgan fingerprint density at radius 1 is 0.892 bits per heavy atom. The van der Waals surface area contributed by atoms with Gasteiger partial charge in [0.25, 0.3) is 15.6 Å². The Bertz CT molecular complexity index is 1890. The van der Waals surface area contributed by atoms with E-state index in [4.69, 9.17) is 0 Å². The van der Waals surface area contributed by atoms with Crippen LogP contribution < -0.4 is 26.9 Å². The van der Waals surface area contributed by atoms with Crippen molar-refractivity contribution in [1.82, 2.24) is 23.9 Å². The van der Waals surface area contributed by atoms with Crippen LogP contribution in [-0.2, 0) is 17.1 Å². The quantitative estimate of drug-likeness (QED) is 0.401. The lowest BCUT2D eigenvalue weighted by atomic mass is 10.2. The van der Waals surface area contributed by atoms with Crippen molar-refractivity contribution in [2.24, 2.45) is 7.05 Å². The third kappa shape index (κ3) is 3.98. The van der Waals surface area contributed by atoms with Crippen LogP contribution in [0.25, 0.3) is 17.5 Å². The summed E-state index contributed by atoms with van der Waals surface area (Å²) in [6.07, 6.45) is 1.27. The van der Waals surface area contributed by atoms with Crippen LogP contribution in [0, 0.1) is 6.92 Å². The van der Waals surface area contributed by atoms with Gasteiger partial charge in [-0.15, -0.1) is 0 Å². The molecule has 0 atom stereocenters. The van der Waals surface area contributed by atoms with Crippen LogP contribution in [0.1, 0.15) is 17.5 Å². The fraction of sp³-hybridized carbons (Fsp3) is 0.167. The number of aromatic nitrogens is 5. The predicted molar refractivity (Wildman–Crippen MR) is 137 cm³/mol. The van der Waals surface area contributed by atoms with Crippen LogP contribution in [0.5, 0.6) is 0 Å². The zero-order valence-corrected chi connectivity index (χ0v) is 20.7. The van der Waals surface area contributed by atoms with Gasteiger partial charge in [0, 0.05) is 25.7 Å². The van der Waals surface area contributed by atoms with E-state index in [-0.39, 0.29) is 40.6 Å². The summed E-state index contributed by atoms with van der Waals surface area (Å²) >= 11 is 0. The zero-order valence-electron chi connectivity index (χ0n) is 19.8. The molecule has 3 heterocycles. The van der Waals surface area contributed by atoms with Crippen LogP contribution >= 0.6 is 0 Å². The summed E-state index contributed by atoms with van der Waals surface area (Å²) in [4.78, 5) is 54.0. The van der Waals surface area contributed by atoms with Crippen molar-refractivity contribution in [3.8, 4) is 5.69 Å². The summed E-state index contributed by atoms with van der Waals surface area (Å²) in [6, 6.07) is 14.3. The van der Waals surface area contributed by atoms with Crippen molar-refractivity contribution in [3.05, 3.63) is 108 Å². The molecular weight excluding hydrogens is 500 g/mol. The summed E-state index contributed by atoms with van der Waals surface area (Å²) in [7, 11) is -2.94. The topological polar surface area (TPSA) is 152 Å². The smallest absolute Gasteiger partial charge is 0.292 e. The number of para-hydroxylation sites is 1.